The highest BCUT2D eigenvalue weighted by atomic mass is 32.2. The van der Waals surface area contributed by atoms with E-state index < -0.39 is 0 Å². The van der Waals surface area contributed by atoms with Gasteiger partial charge in [-0.1, -0.05) is 80.3 Å². The molecule has 4 rings (SSSR count). The second kappa shape index (κ2) is 12.0. The number of nitrogens with zero attached hydrogens (tertiary/aromatic N) is 1. The Hall–Kier alpha value is -3.09. The van der Waals surface area contributed by atoms with Gasteiger partial charge < -0.3 is 9.47 Å². The quantitative estimate of drug-likeness (QED) is 0.163. The van der Waals surface area contributed by atoms with Crippen LogP contribution in [0.15, 0.2) is 83.8 Å². The van der Waals surface area contributed by atoms with Crippen molar-refractivity contribution >= 4 is 46.0 Å². The second-order valence-electron chi connectivity index (χ2n) is 8.35. The lowest BCUT2D eigenvalue weighted by molar-refractivity contribution is -0.113. The Labute approximate surface area is 216 Å². The summed E-state index contributed by atoms with van der Waals surface area (Å²) in [7, 11) is 0. The topological polar surface area (TPSA) is 38.8 Å². The molecule has 6 heteroatoms. The molecule has 0 aromatic heterocycles. The van der Waals surface area contributed by atoms with Crippen LogP contribution in [-0.4, -0.2) is 23.4 Å². The number of para-hydroxylation sites is 1. The maximum atomic E-state index is 12.9. The Morgan fingerprint density at radius 1 is 0.943 bits per heavy atom. The van der Waals surface area contributed by atoms with Crippen LogP contribution >= 0.6 is 24.0 Å². The minimum absolute atomic E-state index is 0.105. The summed E-state index contributed by atoms with van der Waals surface area (Å²) in [5.74, 6) is 2.10. The van der Waals surface area contributed by atoms with Crippen molar-refractivity contribution in [3.8, 4) is 11.5 Å². The van der Waals surface area contributed by atoms with Gasteiger partial charge in [0.05, 0.1) is 23.8 Å². The van der Waals surface area contributed by atoms with Gasteiger partial charge >= 0.3 is 0 Å². The number of anilines is 1. The fourth-order valence-corrected chi connectivity index (χ4v) is 4.98. The van der Waals surface area contributed by atoms with Gasteiger partial charge in [-0.25, -0.2) is 0 Å². The lowest BCUT2D eigenvalue weighted by atomic mass is 9.99. The zero-order chi connectivity index (χ0) is 24.6. The van der Waals surface area contributed by atoms with Crippen molar-refractivity contribution in [3.05, 3.63) is 94.9 Å². The molecule has 0 saturated carbocycles. The number of thiocarbonyl (C=S) groups is 1. The molecular weight excluding hydrogens is 474 g/mol. The van der Waals surface area contributed by atoms with Gasteiger partial charge in [0.25, 0.3) is 5.91 Å². The number of hydrogen-bond acceptors (Lipinski definition) is 5. The first-order valence-corrected chi connectivity index (χ1v) is 13.1. The number of amides is 1. The van der Waals surface area contributed by atoms with Crippen LogP contribution in [0.2, 0.25) is 0 Å². The normalized spacial score (nSPS) is 15.5. The molecule has 4 nitrogen and oxygen atoms in total. The summed E-state index contributed by atoms with van der Waals surface area (Å²) in [5.41, 5.74) is 3.02. The Morgan fingerprint density at radius 3 is 2.37 bits per heavy atom. The van der Waals surface area contributed by atoms with Crippen molar-refractivity contribution in [1.82, 2.24) is 0 Å². The van der Waals surface area contributed by atoms with E-state index in [0.29, 0.717) is 28.4 Å². The summed E-state index contributed by atoms with van der Waals surface area (Å²) in [6, 6.07) is 25.5. The van der Waals surface area contributed by atoms with E-state index in [4.69, 9.17) is 21.7 Å². The molecule has 1 aliphatic rings. The Bertz CT molecular complexity index is 1190. The van der Waals surface area contributed by atoms with Gasteiger partial charge in [0.15, 0.2) is 4.32 Å². The first-order chi connectivity index (χ1) is 17.0. The molecule has 1 amide bonds. The van der Waals surface area contributed by atoms with E-state index >= 15 is 0 Å². The van der Waals surface area contributed by atoms with Crippen LogP contribution in [0.5, 0.6) is 11.5 Å². The van der Waals surface area contributed by atoms with Gasteiger partial charge in [-0.15, -0.1) is 0 Å². The number of thioether (sulfide) groups is 1. The van der Waals surface area contributed by atoms with Crippen LogP contribution in [0.4, 0.5) is 5.69 Å². The molecule has 35 heavy (non-hydrogen) atoms. The van der Waals surface area contributed by atoms with Crippen molar-refractivity contribution < 1.29 is 14.3 Å². The minimum atomic E-state index is -0.105. The lowest BCUT2D eigenvalue weighted by Crippen LogP contribution is -2.27. The van der Waals surface area contributed by atoms with Gasteiger partial charge in [-0.05, 0) is 65.9 Å². The summed E-state index contributed by atoms with van der Waals surface area (Å²) >= 11 is 6.76. The van der Waals surface area contributed by atoms with Crippen molar-refractivity contribution in [2.45, 2.75) is 32.6 Å². The van der Waals surface area contributed by atoms with E-state index in [1.807, 2.05) is 72.8 Å². The molecule has 0 spiro atoms. The Morgan fingerprint density at radius 2 is 1.66 bits per heavy atom. The molecule has 1 aliphatic heterocycles. The van der Waals surface area contributed by atoms with E-state index in [1.54, 1.807) is 4.90 Å². The van der Waals surface area contributed by atoms with Crippen LogP contribution < -0.4 is 14.4 Å². The zero-order valence-corrected chi connectivity index (χ0v) is 21.6. The van der Waals surface area contributed by atoms with E-state index in [9.17, 15) is 4.79 Å². The maximum absolute atomic E-state index is 12.9. The molecule has 0 N–H and O–H groups in total. The minimum Gasteiger partial charge on any atom is -0.493 e. The van der Waals surface area contributed by atoms with Crippen LogP contribution in [0, 0.1) is 0 Å². The highest BCUT2D eigenvalue weighted by Gasteiger charge is 2.33. The van der Waals surface area contributed by atoms with Gasteiger partial charge in [-0.2, -0.15) is 0 Å². The molecule has 180 valence electrons. The van der Waals surface area contributed by atoms with Crippen molar-refractivity contribution in [2.75, 3.05) is 18.1 Å². The average molecular weight is 504 g/mol. The van der Waals surface area contributed by atoms with Gasteiger partial charge in [0.1, 0.15) is 11.5 Å². The number of carbonyl (C=O) groups is 1. The fourth-order valence-electron chi connectivity index (χ4n) is 3.68. The van der Waals surface area contributed by atoms with Crippen LogP contribution in [0.3, 0.4) is 0 Å². The largest absolute Gasteiger partial charge is 0.493 e. The second-order valence-corrected chi connectivity index (χ2v) is 10.0. The average Bonchev–Trinajstić information content (AvgIpc) is 3.16. The Balaban J connectivity index is 1.28. The molecular formula is C29H29NO3S2. The van der Waals surface area contributed by atoms with E-state index in [1.165, 1.54) is 17.3 Å². The number of carbonyl (C=O) groups excluding carboxylic acids is 1. The smallest absolute Gasteiger partial charge is 0.270 e. The lowest BCUT2D eigenvalue weighted by Gasteiger charge is -2.13. The molecule has 1 atom stereocenters. The third-order valence-corrected chi connectivity index (χ3v) is 7.15. The predicted molar refractivity (Wildman–Crippen MR) is 149 cm³/mol. The molecule has 0 bridgehead atoms. The highest BCUT2D eigenvalue weighted by Crippen LogP contribution is 2.36. The van der Waals surface area contributed by atoms with E-state index in [-0.39, 0.29) is 5.91 Å². The Kier molecular flexibility index (Phi) is 8.61. The third-order valence-electron chi connectivity index (χ3n) is 5.85. The van der Waals surface area contributed by atoms with Crippen LogP contribution in [0.25, 0.3) is 6.08 Å². The zero-order valence-electron chi connectivity index (χ0n) is 20.0. The summed E-state index contributed by atoms with van der Waals surface area (Å²) < 4.78 is 12.3. The molecule has 1 fully saturated rings. The number of benzene rings is 3. The summed E-state index contributed by atoms with van der Waals surface area (Å²) in [4.78, 5) is 15.1. The highest BCUT2D eigenvalue weighted by molar-refractivity contribution is 8.27. The molecule has 0 aliphatic carbocycles. The molecule has 1 unspecified atom stereocenters. The van der Waals surface area contributed by atoms with Crippen molar-refractivity contribution in [2.24, 2.45) is 0 Å². The van der Waals surface area contributed by atoms with Crippen molar-refractivity contribution in [3.63, 3.8) is 0 Å². The number of rotatable bonds is 10. The fraction of sp³-hybridized carbons (Fsp3) is 0.241. The summed E-state index contributed by atoms with van der Waals surface area (Å²) in [5, 5.41) is 0. The van der Waals surface area contributed by atoms with Gasteiger partial charge in [0.2, 0.25) is 0 Å². The SMILES string of the molecule is CCC(C)c1ccc(OCCCOc2cccc(C=C3SC(=S)N(c4ccccc4)C3=O)c2)cc1. The molecule has 1 heterocycles. The van der Waals surface area contributed by atoms with Gasteiger partial charge in [-0.3, -0.25) is 9.69 Å². The molecule has 3 aromatic rings. The third kappa shape index (κ3) is 6.53. The van der Waals surface area contributed by atoms with E-state index in [2.05, 4.69) is 26.0 Å². The number of ether oxygens (including phenoxy) is 2. The predicted octanol–water partition coefficient (Wildman–Crippen LogP) is 7.45. The maximum Gasteiger partial charge on any atom is 0.270 e. The van der Waals surface area contributed by atoms with Crippen LogP contribution in [0.1, 0.15) is 43.7 Å². The van der Waals surface area contributed by atoms with Gasteiger partial charge in [0, 0.05) is 6.42 Å². The number of hydrogen-bond donors (Lipinski definition) is 0. The first kappa shape index (κ1) is 25.0. The standard InChI is InChI=1S/C29H29NO3S2/c1-3-21(2)23-13-15-25(16-14-23)32-17-8-18-33-26-12-7-9-22(19-26)20-27-28(31)30(29(34)35-27)24-10-5-4-6-11-24/h4-7,9-16,19-21H,3,8,17-18H2,1-2H3. The molecule has 1 saturated heterocycles. The summed E-state index contributed by atoms with van der Waals surface area (Å²) in [6.45, 7) is 5.57. The van der Waals surface area contributed by atoms with E-state index in [0.717, 1.165) is 35.6 Å². The first-order valence-electron chi connectivity index (χ1n) is 11.8. The molecule has 0 radical (unpaired) electrons. The monoisotopic (exact) mass is 503 g/mol. The summed E-state index contributed by atoms with van der Waals surface area (Å²) in [6.07, 6.45) is 3.76. The van der Waals surface area contributed by atoms with Crippen molar-refractivity contribution in [1.29, 1.82) is 0 Å². The molecule has 3 aromatic carbocycles. The van der Waals surface area contributed by atoms with Crippen LogP contribution in [-0.2, 0) is 4.79 Å².